The Bertz CT molecular complexity index is 608. The second-order valence-electron chi connectivity index (χ2n) is 3.58. The third-order valence-corrected chi connectivity index (χ3v) is 2.34. The molecule has 0 amide bonds. The summed E-state index contributed by atoms with van der Waals surface area (Å²) in [5.74, 6) is -9.99. The van der Waals surface area contributed by atoms with Crippen molar-refractivity contribution in [2.75, 3.05) is 0 Å². The highest BCUT2D eigenvalue weighted by atomic mass is 19.2. The molecule has 2 aromatic rings. The molecular formula is C13H6F5N. The molecule has 0 spiro atoms. The van der Waals surface area contributed by atoms with E-state index in [0.29, 0.717) is 11.9 Å². The van der Waals surface area contributed by atoms with Crippen LogP contribution in [0.5, 0.6) is 0 Å². The highest BCUT2D eigenvalue weighted by molar-refractivity contribution is 5.82. The van der Waals surface area contributed by atoms with Crippen LogP contribution in [0.1, 0.15) is 5.56 Å². The summed E-state index contributed by atoms with van der Waals surface area (Å²) in [6, 6.07) is 7.96. The van der Waals surface area contributed by atoms with Gasteiger partial charge in [0.1, 0.15) is 0 Å². The van der Waals surface area contributed by atoms with Crippen LogP contribution in [0.25, 0.3) is 0 Å². The largest absolute Gasteiger partial charge is 0.256 e. The second kappa shape index (κ2) is 5.17. The van der Waals surface area contributed by atoms with Crippen molar-refractivity contribution in [1.82, 2.24) is 0 Å². The minimum Gasteiger partial charge on any atom is -0.256 e. The molecule has 2 rings (SSSR count). The first-order valence-corrected chi connectivity index (χ1v) is 5.13. The number of hydrogen-bond donors (Lipinski definition) is 0. The average Bonchev–Trinajstić information content (AvgIpc) is 2.44. The van der Waals surface area contributed by atoms with Crippen molar-refractivity contribution < 1.29 is 22.0 Å². The molecule has 0 N–H and O–H groups in total. The first-order valence-electron chi connectivity index (χ1n) is 5.13. The Kier molecular flexibility index (Phi) is 3.59. The maximum Gasteiger partial charge on any atom is 0.200 e. The van der Waals surface area contributed by atoms with E-state index in [4.69, 9.17) is 0 Å². The van der Waals surface area contributed by atoms with Crippen molar-refractivity contribution in [2.24, 2.45) is 4.99 Å². The zero-order valence-electron chi connectivity index (χ0n) is 9.30. The summed E-state index contributed by atoms with van der Waals surface area (Å²) >= 11 is 0. The normalized spacial score (nSPS) is 11.2. The van der Waals surface area contributed by atoms with Gasteiger partial charge in [0, 0.05) is 6.21 Å². The first-order chi connectivity index (χ1) is 9.02. The molecule has 0 atom stereocenters. The maximum atomic E-state index is 13.3. The molecule has 0 aliphatic heterocycles. The molecular weight excluding hydrogens is 265 g/mol. The van der Waals surface area contributed by atoms with E-state index in [1.165, 1.54) is 12.1 Å². The Morgan fingerprint density at radius 3 is 1.68 bits per heavy atom. The van der Waals surface area contributed by atoms with E-state index < -0.39 is 34.6 Å². The molecule has 0 unspecified atom stereocenters. The van der Waals surface area contributed by atoms with Crippen LogP contribution in [0.4, 0.5) is 27.6 Å². The molecule has 0 saturated carbocycles. The zero-order chi connectivity index (χ0) is 14.0. The maximum absolute atomic E-state index is 13.3. The van der Waals surface area contributed by atoms with Gasteiger partial charge in [0.05, 0.1) is 11.3 Å². The van der Waals surface area contributed by atoms with E-state index >= 15 is 0 Å². The molecule has 2 aromatic carbocycles. The van der Waals surface area contributed by atoms with Crippen LogP contribution >= 0.6 is 0 Å². The third-order valence-electron chi connectivity index (χ3n) is 2.34. The lowest BCUT2D eigenvalue weighted by Gasteiger charge is -2.03. The van der Waals surface area contributed by atoms with Gasteiger partial charge in [0.25, 0.3) is 0 Å². The van der Waals surface area contributed by atoms with Crippen molar-refractivity contribution in [3.05, 3.63) is 65.0 Å². The van der Waals surface area contributed by atoms with Gasteiger partial charge in [0.2, 0.25) is 5.82 Å². The lowest BCUT2D eigenvalue weighted by molar-refractivity contribution is 0.377. The Morgan fingerprint density at radius 2 is 1.16 bits per heavy atom. The fraction of sp³-hybridized carbons (Fsp3) is 0. The predicted octanol–water partition coefficient (Wildman–Crippen LogP) is 4.13. The quantitative estimate of drug-likeness (QED) is 0.337. The molecule has 0 saturated heterocycles. The molecule has 0 aromatic heterocycles. The average molecular weight is 271 g/mol. The van der Waals surface area contributed by atoms with Gasteiger partial charge in [-0.1, -0.05) is 18.2 Å². The smallest absolute Gasteiger partial charge is 0.200 e. The van der Waals surface area contributed by atoms with Crippen molar-refractivity contribution in [3.63, 3.8) is 0 Å². The summed E-state index contributed by atoms with van der Waals surface area (Å²) in [5.41, 5.74) is -0.744. The lowest BCUT2D eigenvalue weighted by atomic mass is 10.2. The molecule has 19 heavy (non-hydrogen) atoms. The molecule has 98 valence electrons. The van der Waals surface area contributed by atoms with Crippen molar-refractivity contribution in [3.8, 4) is 0 Å². The van der Waals surface area contributed by atoms with Gasteiger partial charge in [-0.05, 0) is 12.1 Å². The van der Waals surface area contributed by atoms with E-state index in [1.54, 1.807) is 18.2 Å². The van der Waals surface area contributed by atoms with Gasteiger partial charge in [-0.15, -0.1) is 0 Å². The van der Waals surface area contributed by atoms with Crippen LogP contribution in [-0.4, -0.2) is 6.21 Å². The SMILES string of the molecule is Fc1c(F)c(F)c(C=Nc2ccccc2)c(F)c1F. The Hall–Kier alpha value is -2.24. The standard InChI is InChI=1S/C13H6F5N/c14-9-8(6-19-7-4-2-1-3-5-7)10(15)12(17)13(18)11(9)16/h1-6H. The molecule has 0 fully saturated rings. The summed E-state index contributed by atoms with van der Waals surface area (Å²) in [5, 5.41) is 0. The van der Waals surface area contributed by atoms with Gasteiger partial charge < -0.3 is 0 Å². The molecule has 0 heterocycles. The second-order valence-corrected chi connectivity index (χ2v) is 3.58. The summed E-state index contributed by atoms with van der Waals surface area (Å²) in [7, 11) is 0. The van der Waals surface area contributed by atoms with Crippen LogP contribution in [0.2, 0.25) is 0 Å². The minimum atomic E-state index is -2.19. The number of para-hydroxylation sites is 1. The Balaban J connectivity index is 2.50. The van der Waals surface area contributed by atoms with Crippen molar-refractivity contribution >= 4 is 11.9 Å². The Morgan fingerprint density at radius 1 is 0.684 bits per heavy atom. The molecule has 0 bridgehead atoms. The monoisotopic (exact) mass is 271 g/mol. The zero-order valence-corrected chi connectivity index (χ0v) is 9.30. The summed E-state index contributed by atoms with van der Waals surface area (Å²) in [4.78, 5) is 3.65. The van der Waals surface area contributed by atoms with E-state index in [2.05, 4.69) is 4.99 Å². The van der Waals surface area contributed by atoms with Crippen LogP contribution in [0.15, 0.2) is 35.3 Å². The number of halogens is 5. The third kappa shape index (κ3) is 2.47. The Labute approximate surface area is 105 Å². The van der Waals surface area contributed by atoms with Crippen LogP contribution < -0.4 is 0 Å². The van der Waals surface area contributed by atoms with Gasteiger partial charge in [-0.25, -0.2) is 22.0 Å². The van der Waals surface area contributed by atoms with Crippen molar-refractivity contribution in [1.29, 1.82) is 0 Å². The molecule has 0 aliphatic carbocycles. The summed E-state index contributed by atoms with van der Waals surface area (Å²) < 4.78 is 65.2. The highest BCUT2D eigenvalue weighted by Crippen LogP contribution is 2.22. The highest BCUT2D eigenvalue weighted by Gasteiger charge is 2.24. The fourth-order valence-corrected chi connectivity index (χ4v) is 1.39. The number of nitrogens with zero attached hydrogens (tertiary/aromatic N) is 1. The van der Waals surface area contributed by atoms with E-state index in [-0.39, 0.29) is 0 Å². The number of benzene rings is 2. The fourth-order valence-electron chi connectivity index (χ4n) is 1.39. The topological polar surface area (TPSA) is 12.4 Å². The number of rotatable bonds is 2. The number of hydrogen-bond acceptors (Lipinski definition) is 1. The van der Waals surface area contributed by atoms with Gasteiger partial charge in [0.15, 0.2) is 23.3 Å². The lowest BCUT2D eigenvalue weighted by Crippen LogP contribution is -2.06. The van der Waals surface area contributed by atoms with E-state index in [0.717, 1.165) is 0 Å². The van der Waals surface area contributed by atoms with Gasteiger partial charge in [-0.3, -0.25) is 4.99 Å². The molecule has 0 radical (unpaired) electrons. The molecule has 0 aliphatic rings. The molecule has 1 nitrogen and oxygen atoms in total. The van der Waals surface area contributed by atoms with Crippen LogP contribution in [-0.2, 0) is 0 Å². The van der Waals surface area contributed by atoms with E-state index in [1.807, 2.05) is 0 Å². The van der Waals surface area contributed by atoms with Crippen LogP contribution in [0, 0.1) is 29.1 Å². The van der Waals surface area contributed by atoms with E-state index in [9.17, 15) is 22.0 Å². The van der Waals surface area contributed by atoms with Crippen molar-refractivity contribution in [2.45, 2.75) is 0 Å². The summed E-state index contributed by atoms with van der Waals surface area (Å²) in [6.07, 6.45) is 0.603. The molecule has 6 heteroatoms. The van der Waals surface area contributed by atoms with Crippen LogP contribution in [0.3, 0.4) is 0 Å². The van der Waals surface area contributed by atoms with Gasteiger partial charge in [-0.2, -0.15) is 0 Å². The first kappa shape index (κ1) is 13.2. The summed E-state index contributed by atoms with van der Waals surface area (Å²) in [6.45, 7) is 0. The van der Waals surface area contributed by atoms with Gasteiger partial charge >= 0.3 is 0 Å². The number of aliphatic imine (C=N–C) groups is 1. The predicted molar refractivity (Wildman–Crippen MR) is 59.9 cm³/mol. The minimum absolute atomic E-state index is 0.325.